The van der Waals surface area contributed by atoms with E-state index in [0.29, 0.717) is 22.4 Å². The largest absolute Gasteiger partial charge is 0.336 e. The van der Waals surface area contributed by atoms with Crippen LogP contribution in [0.1, 0.15) is 41.5 Å². The second-order valence-electron chi connectivity index (χ2n) is 5.88. The van der Waals surface area contributed by atoms with Crippen molar-refractivity contribution in [3.8, 4) is 0 Å². The Hall–Kier alpha value is -2.34. The number of carbonyl (C=O) groups excluding carboxylic acids is 1. The summed E-state index contributed by atoms with van der Waals surface area (Å²) in [6, 6.07) is 9.58. The number of benzene rings is 1. The predicted molar refractivity (Wildman–Crippen MR) is 96.8 cm³/mol. The molecule has 2 heterocycles. The Labute approximate surface area is 144 Å². The standard InChI is InChI=1S/C18H19N3O2S/c1-10(2)15-9-14(16-11(3)21-23-18(16)20-15)17(22)19-12-6-5-7-13(8-12)24-4/h5-10H,1-4H3,(H,19,22). The summed E-state index contributed by atoms with van der Waals surface area (Å²) in [6.07, 6.45) is 2.00. The summed E-state index contributed by atoms with van der Waals surface area (Å²) in [6.45, 7) is 5.87. The first-order chi connectivity index (χ1) is 11.5. The van der Waals surface area contributed by atoms with Crippen LogP contribution >= 0.6 is 11.8 Å². The van der Waals surface area contributed by atoms with Gasteiger partial charge in [0.05, 0.1) is 16.6 Å². The molecule has 5 nitrogen and oxygen atoms in total. The zero-order chi connectivity index (χ0) is 17.3. The third-order valence-electron chi connectivity index (χ3n) is 3.80. The van der Waals surface area contributed by atoms with Crippen LogP contribution in [0.4, 0.5) is 5.69 Å². The van der Waals surface area contributed by atoms with Crippen molar-refractivity contribution in [1.82, 2.24) is 10.1 Å². The molecule has 0 radical (unpaired) electrons. The van der Waals surface area contributed by atoms with Crippen molar-refractivity contribution in [3.63, 3.8) is 0 Å². The Balaban J connectivity index is 2.03. The zero-order valence-corrected chi connectivity index (χ0v) is 14.9. The fraction of sp³-hybridized carbons (Fsp3) is 0.278. The molecule has 0 unspecified atom stereocenters. The number of aryl methyl sites for hydroxylation is 1. The van der Waals surface area contributed by atoms with Crippen LogP contribution < -0.4 is 5.32 Å². The molecular weight excluding hydrogens is 322 g/mol. The van der Waals surface area contributed by atoms with E-state index in [1.54, 1.807) is 11.8 Å². The molecule has 24 heavy (non-hydrogen) atoms. The van der Waals surface area contributed by atoms with Crippen LogP contribution in [-0.2, 0) is 0 Å². The minimum absolute atomic E-state index is 0.186. The van der Waals surface area contributed by atoms with E-state index in [0.717, 1.165) is 16.3 Å². The second kappa shape index (κ2) is 6.65. The van der Waals surface area contributed by atoms with E-state index in [-0.39, 0.29) is 11.8 Å². The van der Waals surface area contributed by atoms with Crippen LogP contribution in [0.3, 0.4) is 0 Å². The normalized spacial score (nSPS) is 11.2. The fourth-order valence-corrected chi connectivity index (χ4v) is 2.95. The van der Waals surface area contributed by atoms with Crippen molar-refractivity contribution < 1.29 is 9.32 Å². The molecule has 3 aromatic rings. The number of hydrogen-bond acceptors (Lipinski definition) is 5. The average molecular weight is 341 g/mol. The van der Waals surface area contributed by atoms with Gasteiger partial charge in [0.15, 0.2) is 0 Å². The lowest BCUT2D eigenvalue weighted by Crippen LogP contribution is -2.13. The van der Waals surface area contributed by atoms with Gasteiger partial charge >= 0.3 is 0 Å². The van der Waals surface area contributed by atoms with Gasteiger partial charge in [0, 0.05) is 16.3 Å². The summed E-state index contributed by atoms with van der Waals surface area (Å²) in [4.78, 5) is 18.4. The minimum Gasteiger partial charge on any atom is -0.336 e. The number of fused-ring (bicyclic) bond motifs is 1. The number of aromatic nitrogens is 2. The number of pyridine rings is 1. The van der Waals surface area contributed by atoms with Crippen LogP contribution in [0.25, 0.3) is 11.1 Å². The molecule has 1 N–H and O–H groups in total. The highest BCUT2D eigenvalue weighted by Gasteiger charge is 2.19. The number of thioether (sulfide) groups is 1. The second-order valence-corrected chi connectivity index (χ2v) is 6.76. The average Bonchev–Trinajstić information content (AvgIpc) is 2.95. The molecule has 124 valence electrons. The van der Waals surface area contributed by atoms with E-state index in [1.807, 2.05) is 57.4 Å². The number of carbonyl (C=O) groups is 1. The van der Waals surface area contributed by atoms with Gasteiger partial charge in [-0.2, -0.15) is 0 Å². The van der Waals surface area contributed by atoms with Gasteiger partial charge in [0.1, 0.15) is 0 Å². The number of hydrogen-bond donors (Lipinski definition) is 1. The highest BCUT2D eigenvalue weighted by Crippen LogP contribution is 2.26. The summed E-state index contributed by atoms with van der Waals surface area (Å²) in [5.74, 6) is 0.0000264. The van der Waals surface area contributed by atoms with E-state index in [4.69, 9.17) is 4.52 Å². The van der Waals surface area contributed by atoms with Gasteiger partial charge in [-0.05, 0) is 43.4 Å². The SMILES string of the molecule is CSc1cccc(NC(=O)c2cc(C(C)C)nc3onc(C)c23)c1. The maximum absolute atomic E-state index is 12.8. The number of rotatable bonds is 4. The molecule has 0 aliphatic heterocycles. The molecule has 3 rings (SSSR count). The molecule has 1 amide bonds. The Kier molecular flexibility index (Phi) is 4.57. The molecule has 6 heteroatoms. The zero-order valence-electron chi connectivity index (χ0n) is 14.1. The molecule has 0 fully saturated rings. The Morgan fingerprint density at radius 3 is 2.79 bits per heavy atom. The van der Waals surface area contributed by atoms with Gasteiger partial charge in [-0.1, -0.05) is 25.1 Å². The van der Waals surface area contributed by atoms with Gasteiger partial charge in [-0.15, -0.1) is 11.8 Å². The lowest BCUT2D eigenvalue weighted by Gasteiger charge is -2.10. The number of amides is 1. The van der Waals surface area contributed by atoms with Gasteiger partial charge in [-0.3, -0.25) is 4.79 Å². The first kappa shape index (κ1) is 16.5. The lowest BCUT2D eigenvalue weighted by atomic mass is 10.0. The van der Waals surface area contributed by atoms with Gasteiger partial charge < -0.3 is 9.84 Å². The van der Waals surface area contributed by atoms with E-state index in [9.17, 15) is 4.79 Å². The lowest BCUT2D eigenvalue weighted by molar-refractivity contribution is 0.102. The monoisotopic (exact) mass is 341 g/mol. The van der Waals surface area contributed by atoms with Crippen molar-refractivity contribution in [3.05, 3.63) is 47.3 Å². The van der Waals surface area contributed by atoms with Gasteiger partial charge in [0.25, 0.3) is 11.6 Å². The van der Waals surface area contributed by atoms with Crippen LogP contribution in [0, 0.1) is 6.92 Å². The Morgan fingerprint density at radius 1 is 1.29 bits per heavy atom. The van der Waals surface area contributed by atoms with Crippen molar-refractivity contribution in [2.45, 2.75) is 31.6 Å². The summed E-state index contributed by atoms with van der Waals surface area (Å²) in [7, 11) is 0. The quantitative estimate of drug-likeness (QED) is 0.701. The highest BCUT2D eigenvalue weighted by molar-refractivity contribution is 7.98. The number of nitrogens with zero attached hydrogens (tertiary/aromatic N) is 2. The summed E-state index contributed by atoms with van der Waals surface area (Å²) in [5.41, 5.74) is 3.17. The van der Waals surface area contributed by atoms with Crippen LogP contribution in [-0.4, -0.2) is 22.3 Å². The third-order valence-corrected chi connectivity index (χ3v) is 4.53. The third kappa shape index (κ3) is 3.14. The van der Waals surface area contributed by atoms with Crippen molar-refractivity contribution in [2.24, 2.45) is 0 Å². The van der Waals surface area contributed by atoms with E-state index < -0.39 is 0 Å². The minimum atomic E-state index is -0.186. The predicted octanol–water partition coefficient (Wildman–Crippen LogP) is 4.63. The van der Waals surface area contributed by atoms with Gasteiger partial charge in [0.2, 0.25) is 0 Å². The molecule has 0 saturated heterocycles. The molecule has 0 aliphatic carbocycles. The maximum Gasteiger partial charge on any atom is 0.259 e. The number of anilines is 1. The number of nitrogens with one attached hydrogen (secondary N) is 1. The Bertz CT molecular complexity index is 902. The molecule has 2 aromatic heterocycles. The van der Waals surface area contributed by atoms with Gasteiger partial charge in [-0.25, -0.2) is 4.98 Å². The summed E-state index contributed by atoms with van der Waals surface area (Å²) >= 11 is 1.63. The van der Waals surface area contributed by atoms with E-state index in [2.05, 4.69) is 15.5 Å². The highest BCUT2D eigenvalue weighted by atomic mass is 32.2. The van der Waals surface area contributed by atoms with Crippen molar-refractivity contribution in [1.29, 1.82) is 0 Å². The summed E-state index contributed by atoms with van der Waals surface area (Å²) in [5, 5.41) is 7.58. The maximum atomic E-state index is 12.8. The topological polar surface area (TPSA) is 68.0 Å². The summed E-state index contributed by atoms with van der Waals surface area (Å²) < 4.78 is 5.27. The molecule has 0 saturated carbocycles. The fourth-order valence-electron chi connectivity index (χ4n) is 2.49. The van der Waals surface area contributed by atoms with E-state index >= 15 is 0 Å². The van der Waals surface area contributed by atoms with Crippen molar-refractivity contribution >= 4 is 34.5 Å². The smallest absolute Gasteiger partial charge is 0.259 e. The molecule has 0 spiro atoms. The molecule has 1 aromatic carbocycles. The van der Waals surface area contributed by atoms with Crippen LogP contribution in [0.2, 0.25) is 0 Å². The van der Waals surface area contributed by atoms with Crippen LogP contribution in [0.15, 0.2) is 39.8 Å². The first-order valence-electron chi connectivity index (χ1n) is 7.72. The molecule has 0 bridgehead atoms. The first-order valence-corrected chi connectivity index (χ1v) is 8.94. The Morgan fingerprint density at radius 2 is 2.08 bits per heavy atom. The molecular formula is C18H19N3O2S. The molecule has 0 aliphatic rings. The van der Waals surface area contributed by atoms with Crippen LogP contribution in [0.5, 0.6) is 0 Å². The van der Waals surface area contributed by atoms with E-state index in [1.165, 1.54) is 0 Å². The molecule has 0 atom stereocenters. The van der Waals surface area contributed by atoms with Crippen molar-refractivity contribution in [2.75, 3.05) is 11.6 Å².